The highest BCUT2D eigenvalue weighted by molar-refractivity contribution is 5.90. The minimum Gasteiger partial charge on any atom is -0.494 e. The standard InChI is InChI=1S/C21H24N2O2/c1-21(2,3)17-9-11-19(12-10-17)25-13-5-8-20(24)23-18-7-4-6-16(14-18)15-22/h4,6-7,9-12,14H,5,8,13H2,1-3H3,(H,23,24). The summed E-state index contributed by atoms with van der Waals surface area (Å²) >= 11 is 0. The van der Waals surface area contributed by atoms with Crippen molar-refractivity contribution in [2.24, 2.45) is 0 Å². The molecular weight excluding hydrogens is 312 g/mol. The second-order valence-electron chi connectivity index (χ2n) is 6.97. The van der Waals surface area contributed by atoms with E-state index < -0.39 is 0 Å². The van der Waals surface area contributed by atoms with E-state index in [0.29, 0.717) is 30.7 Å². The lowest BCUT2D eigenvalue weighted by atomic mass is 9.87. The Morgan fingerprint density at radius 2 is 1.88 bits per heavy atom. The summed E-state index contributed by atoms with van der Waals surface area (Å²) in [5, 5.41) is 11.7. The first-order valence-electron chi connectivity index (χ1n) is 8.42. The Morgan fingerprint density at radius 3 is 2.52 bits per heavy atom. The minimum absolute atomic E-state index is 0.0817. The van der Waals surface area contributed by atoms with E-state index in [0.717, 1.165) is 5.75 Å². The molecule has 0 heterocycles. The summed E-state index contributed by atoms with van der Waals surface area (Å²) in [4.78, 5) is 11.9. The van der Waals surface area contributed by atoms with Gasteiger partial charge >= 0.3 is 0 Å². The lowest BCUT2D eigenvalue weighted by molar-refractivity contribution is -0.116. The van der Waals surface area contributed by atoms with Crippen molar-refractivity contribution in [2.45, 2.75) is 39.0 Å². The van der Waals surface area contributed by atoms with Crippen LogP contribution in [0.25, 0.3) is 0 Å². The van der Waals surface area contributed by atoms with Crippen LogP contribution in [0.15, 0.2) is 48.5 Å². The third kappa shape index (κ3) is 5.96. The smallest absolute Gasteiger partial charge is 0.224 e. The summed E-state index contributed by atoms with van der Waals surface area (Å²) in [6, 6.07) is 17.0. The van der Waals surface area contributed by atoms with Crippen LogP contribution in [-0.4, -0.2) is 12.5 Å². The number of nitriles is 1. The normalized spacial score (nSPS) is 10.8. The van der Waals surface area contributed by atoms with Gasteiger partial charge in [0.05, 0.1) is 18.2 Å². The molecule has 1 N–H and O–H groups in total. The second-order valence-corrected chi connectivity index (χ2v) is 6.97. The molecule has 1 amide bonds. The number of ether oxygens (including phenoxy) is 1. The lowest BCUT2D eigenvalue weighted by Crippen LogP contribution is -2.13. The van der Waals surface area contributed by atoms with Crippen LogP contribution in [0.3, 0.4) is 0 Å². The van der Waals surface area contributed by atoms with E-state index in [1.54, 1.807) is 24.3 Å². The monoisotopic (exact) mass is 336 g/mol. The molecule has 2 aromatic rings. The van der Waals surface area contributed by atoms with Crippen molar-refractivity contribution in [1.82, 2.24) is 0 Å². The van der Waals surface area contributed by atoms with Crippen LogP contribution >= 0.6 is 0 Å². The Balaban J connectivity index is 1.73. The summed E-state index contributed by atoms with van der Waals surface area (Å²) in [6.45, 7) is 7.01. The highest BCUT2D eigenvalue weighted by Gasteiger charge is 2.12. The van der Waals surface area contributed by atoms with Crippen LogP contribution < -0.4 is 10.1 Å². The molecule has 0 aliphatic rings. The summed E-state index contributed by atoms with van der Waals surface area (Å²) in [7, 11) is 0. The third-order valence-electron chi connectivity index (χ3n) is 3.81. The van der Waals surface area contributed by atoms with Crippen molar-refractivity contribution in [2.75, 3.05) is 11.9 Å². The molecule has 0 aliphatic heterocycles. The van der Waals surface area contributed by atoms with Crippen molar-refractivity contribution in [3.05, 3.63) is 59.7 Å². The Bertz CT molecular complexity index is 753. The van der Waals surface area contributed by atoms with Crippen molar-refractivity contribution in [3.8, 4) is 11.8 Å². The predicted octanol–water partition coefficient (Wildman–Crippen LogP) is 4.65. The Kier molecular flexibility index (Phi) is 6.19. The van der Waals surface area contributed by atoms with Gasteiger partial charge in [-0.25, -0.2) is 0 Å². The molecule has 0 saturated heterocycles. The highest BCUT2D eigenvalue weighted by Crippen LogP contribution is 2.24. The molecule has 25 heavy (non-hydrogen) atoms. The molecule has 0 unspecified atom stereocenters. The molecule has 2 rings (SSSR count). The lowest BCUT2D eigenvalue weighted by Gasteiger charge is -2.19. The molecule has 0 atom stereocenters. The molecule has 0 radical (unpaired) electrons. The van der Waals surface area contributed by atoms with E-state index in [4.69, 9.17) is 10.00 Å². The van der Waals surface area contributed by atoms with Crippen molar-refractivity contribution < 1.29 is 9.53 Å². The molecule has 0 spiro atoms. The second kappa shape index (κ2) is 8.34. The Labute approximate surface area is 149 Å². The van der Waals surface area contributed by atoms with Crippen LogP contribution in [-0.2, 0) is 10.2 Å². The maximum atomic E-state index is 11.9. The molecule has 0 bridgehead atoms. The van der Waals surface area contributed by atoms with Gasteiger partial charge in [-0.2, -0.15) is 5.26 Å². The van der Waals surface area contributed by atoms with Gasteiger partial charge < -0.3 is 10.1 Å². The van der Waals surface area contributed by atoms with Gasteiger partial charge in [-0.3, -0.25) is 4.79 Å². The van der Waals surface area contributed by atoms with Gasteiger partial charge in [-0.1, -0.05) is 39.0 Å². The third-order valence-corrected chi connectivity index (χ3v) is 3.81. The van der Waals surface area contributed by atoms with E-state index in [9.17, 15) is 4.79 Å². The maximum Gasteiger partial charge on any atom is 0.224 e. The number of nitrogens with one attached hydrogen (secondary N) is 1. The average Bonchev–Trinajstić information content (AvgIpc) is 2.58. The molecule has 0 aromatic heterocycles. The number of anilines is 1. The molecule has 0 fully saturated rings. The van der Waals surface area contributed by atoms with E-state index in [2.05, 4.69) is 44.3 Å². The summed E-state index contributed by atoms with van der Waals surface area (Å²) < 4.78 is 5.69. The van der Waals surface area contributed by atoms with Gasteiger partial charge in [0.25, 0.3) is 0 Å². The first-order chi connectivity index (χ1) is 11.9. The van der Waals surface area contributed by atoms with Crippen molar-refractivity contribution >= 4 is 11.6 Å². The fourth-order valence-corrected chi connectivity index (χ4v) is 2.36. The summed E-state index contributed by atoms with van der Waals surface area (Å²) in [6.07, 6.45) is 1.00. The fourth-order valence-electron chi connectivity index (χ4n) is 2.36. The van der Waals surface area contributed by atoms with Crippen LogP contribution in [0.1, 0.15) is 44.7 Å². The zero-order valence-electron chi connectivity index (χ0n) is 15.0. The van der Waals surface area contributed by atoms with Gasteiger partial charge in [0.2, 0.25) is 5.91 Å². The molecule has 4 nitrogen and oxygen atoms in total. The molecule has 130 valence electrons. The Morgan fingerprint density at radius 1 is 1.16 bits per heavy atom. The Hall–Kier alpha value is -2.80. The topological polar surface area (TPSA) is 62.1 Å². The fraction of sp³-hybridized carbons (Fsp3) is 0.333. The van der Waals surface area contributed by atoms with Gasteiger partial charge in [0.15, 0.2) is 0 Å². The van der Waals surface area contributed by atoms with Crippen LogP contribution in [0, 0.1) is 11.3 Å². The number of rotatable bonds is 6. The predicted molar refractivity (Wildman–Crippen MR) is 99.7 cm³/mol. The number of carbonyl (C=O) groups excluding carboxylic acids is 1. The van der Waals surface area contributed by atoms with Gasteiger partial charge in [0.1, 0.15) is 5.75 Å². The van der Waals surface area contributed by atoms with Gasteiger partial charge in [-0.15, -0.1) is 0 Å². The minimum atomic E-state index is -0.0817. The first-order valence-corrected chi connectivity index (χ1v) is 8.42. The van der Waals surface area contributed by atoms with Crippen molar-refractivity contribution in [1.29, 1.82) is 5.26 Å². The molecule has 2 aromatic carbocycles. The zero-order chi connectivity index (χ0) is 18.3. The number of carbonyl (C=O) groups is 1. The van der Waals surface area contributed by atoms with Crippen molar-refractivity contribution in [3.63, 3.8) is 0 Å². The number of hydrogen-bond acceptors (Lipinski definition) is 3. The van der Waals surface area contributed by atoms with Gasteiger partial charge in [0, 0.05) is 12.1 Å². The van der Waals surface area contributed by atoms with E-state index in [1.807, 2.05) is 12.1 Å². The van der Waals surface area contributed by atoms with E-state index in [-0.39, 0.29) is 11.3 Å². The number of hydrogen-bond donors (Lipinski definition) is 1. The summed E-state index contributed by atoms with van der Waals surface area (Å²) in [5.41, 5.74) is 2.56. The maximum absolute atomic E-state index is 11.9. The summed E-state index contributed by atoms with van der Waals surface area (Å²) in [5.74, 6) is 0.733. The number of nitrogens with zero attached hydrogens (tertiary/aromatic N) is 1. The number of benzene rings is 2. The zero-order valence-corrected chi connectivity index (χ0v) is 15.0. The van der Waals surface area contributed by atoms with E-state index in [1.165, 1.54) is 5.56 Å². The van der Waals surface area contributed by atoms with Crippen LogP contribution in [0.2, 0.25) is 0 Å². The quantitative estimate of drug-likeness (QED) is 0.781. The molecular formula is C21H24N2O2. The molecule has 0 saturated carbocycles. The van der Waals surface area contributed by atoms with Gasteiger partial charge in [-0.05, 0) is 47.7 Å². The molecule has 0 aliphatic carbocycles. The molecule has 4 heteroatoms. The number of amides is 1. The SMILES string of the molecule is CC(C)(C)c1ccc(OCCCC(=O)Nc2cccc(C#N)c2)cc1. The average molecular weight is 336 g/mol. The first kappa shape index (κ1) is 18.5. The van der Waals surface area contributed by atoms with Crippen LogP contribution in [0.5, 0.6) is 5.75 Å². The highest BCUT2D eigenvalue weighted by atomic mass is 16.5. The van der Waals surface area contributed by atoms with Crippen LogP contribution in [0.4, 0.5) is 5.69 Å². The van der Waals surface area contributed by atoms with E-state index >= 15 is 0 Å². The largest absolute Gasteiger partial charge is 0.494 e.